The lowest BCUT2D eigenvalue weighted by Crippen LogP contribution is -2.42. The second-order valence-electron chi connectivity index (χ2n) is 8.94. The van der Waals surface area contributed by atoms with Crippen LogP contribution in [-0.4, -0.2) is 35.0 Å². The lowest BCUT2D eigenvalue weighted by Gasteiger charge is -2.41. The molecule has 2 aliphatic rings. The number of allylic oxidation sites excluding steroid dienone is 3. The van der Waals surface area contributed by atoms with Gasteiger partial charge in [-0.1, -0.05) is 42.0 Å². The van der Waals surface area contributed by atoms with E-state index in [0.29, 0.717) is 0 Å². The molecule has 0 bridgehead atoms. The van der Waals surface area contributed by atoms with Gasteiger partial charge in [0.1, 0.15) is 0 Å². The lowest BCUT2D eigenvalue weighted by atomic mass is 9.83. The zero-order valence-corrected chi connectivity index (χ0v) is 18.9. The summed E-state index contributed by atoms with van der Waals surface area (Å²) in [7, 11) is 0. The van der Waals surface area contributed by atoms with Crippen molar-refractivity contribution in [3.05, 3.63) is 71.0 Å². The largest absolute Gasteiger partial charge is 0.412 e. The van der Waals surface area contributed by atoms with Crippen LogP contribution in [0, 0.1) is 12.8 Å². The van der Waals surface area contributed by atoms with Crippen LogP contribution in [0.3, 0.4) is 0 Å². The molecule has 1 aliphatic heterocycles. The molecule has 2 aromatic rings. The van der Waals surface area contributed by atoms with E-state index in [1.807, 2.05) is 6.92 Å². The number of fused-ring (bicyclic) bond motifs is 3. The van der Waals surface area contributed by atoms with E-state index in [0.717, 1.165) is 30.7 Å². The smallest absolute Gasteiger partial charge is 0.356 e. The molecule has 170 valence electrons. The standard InChI is InChI=1S/C26H30F3N3/c1-16-5-8-20(9-6-16)25-24-21(22-15-17(2)7-10-23(22)31-24)12-14-32(25)19(4)30-13-11-18(3)26(27,28)29/h5-8,10,15,20,25,31H,3,9,11-14H2,1-2,4H3. The first-order valence-corrected chi connectivity index (χ1v) is 11.1. The third kappa shape index (κ3) is 4.41. The summed E-state index contributed by atoms with van der Waals surface area (Å²) in [4.78, 5) is 10.5. The van der Waals surface area contributed by atoms with Gasteiger partial charge >= 0.3 is 6.18 Å². The van der Waals surface area contributed by atoms with Crippen molar-refractivity contribution < 1.29 is 13.2 Å². The maximum atomic E-state index is 12.8. The van der Waals surface area contributed by atoms with Gasteiger partial charge in [0, 0.05) is 41.2 Å². The molecule has 0 saturated heterocycles. The van der Waals surface area contributed by atoms with Crippen molar-refractivity contribution in [2.45, 2.75) is 52.3 Å². The topological polar surface area (TPSA) is 31.4 Å². The SMILES string of the molecule is C=C(CCN=C(C)N1CCc2c([nH]c3ccc(C)cc23)C1C1C=CC(C)=CC1)C(F)(F)F. The third-order valence-electron chi connectivity index (χ3n) is 6.62. The Labute approximate surface area is 187 Å². The zero-order chi connectivity index (χ0) is 23.0. The third-order valence-corrected chi connectivity index (χ3v) is 6.62. The van der Waals surface area contributed by atoms with E-state index < -0.39 is 11.7 Å². The van der Waals surface area contributed by atoms with Crippen molar-refractivity contribution in [1.29, 1.82) is 0 Å². The molecule has 1 aromatic heterocycles. The zero-order valence-electron chi connectivity index (χ0n) is 18.9. The highest BCUT2D eigenvalue weighted by molar-refractivity contribution is 5.87. The monoisotopic (exact) mass is 441 g/mol. The average molecular weight is 442 g/mol. The second-order valence-corrected chi connectivity index (χ2v) is 8.94. The Morgan fingerprint density at radius 2 is 2.06 bits per heavy atom. The number of aryl methyl sites for hydroxylation is 1. The molecule has 1 aromatic carbocycles. The first kappa shape index (κ1) is 22.4. The van der Waals surface area contributed by atoms with E-state index in [9.17, 15) is 13.2 Å². The van der Waals surface area contributed by atoms with Gasteiger partial charge in [-0.05, 0) is 57.7 Å². The molecule has 0 amide bonds. The number of aromatic nitrogens is 1. The number of benzene rings is 1. The van der Waals surface area contributed by atoms with E-state index in [4.69, 9.17) is 0 Å². The molecule has 0 saturated carbocycles. The van der Waals surface area contributed by atoms with Gasteiger partial charge in [0.15, 0.2) is 0 Å². The highest BCUT2D eigenvalue weighted by Gasteiger charge is 2.36. The highest BCUT2D eigenvalue weighted by Crippen LogP contribution is 2.42. The molecule has 1 N–H and O–H groups in total. The quantitative estimate of drug-likeness (QED) is 0.315. The summed E-state index contributed by atoms with van der Waals surface area (Å²) in [5.41, 5.74) is 5.45. The Hall–Kier alpha value is -2.76. The summed E-state index contributed by atoms with van der Waals surface area (Å²) < 4.78 is 38.4. The summed E-state index contributed by atoms with van der Waals surface area (Å²) >= 11 is 0. The predicted molar refractivity (Wildman–Crippen MR) is 125 cm³/mol. The number of aliphatic imine (C=N–C) groups is 1. The Balaban J connectivity index is 1.66. The molecule has 3 nitrogen and oxygen atoms in total. The van der Waals surface area contributed by atoms with Gasteiger partial charge in [0.25, 0.3) is 0 Å². The summed E-state index contributed by atoms with van der Waals surface area (Å²) in [5, 5.41) is 1.27. The van der Waals surface area contributed by atoms with Gasteiger partial charge in [0.05, 0.1) is 11.9 Å². The molecule has 0 spiro atoms. The van der Waals surface area contributed by atoms with Crippen molar-refractivity contribution >= 4 is 16.7 Å². The van der Waals surface area contributed by atoms with Crippen LogP contribution in [0.25, 0.3) is 10.9 Å². The molecule has 4 rings (SSSR count). The fourth-order valence-corrected chi connectivity index (χ4v) is 4.80. The van der Waals surface area contributed by atoms with Crippen molar-refractivity contribution in [1.82, 2.24) is 9.88 Å². The van der Waals surface area contributed by atoms with Gasteiger partial charge in [-0.2, -0.15) is 13.2 Å². The first-order valence-electron chi connectivity index (χ1n) is 11.1. The number of aromatic amines is 1. The number of alkyl halides is 3. The minimum absolute atomic E-state index is 0.0709. The Bertz CT molecular complexity index is 1120. The van der Waals surface area contributed by atoms with Crippen LogP contribution in [-0.2, 0) is 6.42 Å². The lowest BCUT2D eigenvalue weighted by molar-refractivity contribution is -0.0933. The van der Waals surface area contributed by atoms with Crippen LogP contribution < -0.4 is 0 Å². The number of halogens is 3. The molecule has 6 heteroatoms. The Morgan fingerprint density at radius 3 is 2.75 bits per heavy atom. The summed E-state index contributed by atoms with van der Waals surface area (Å²) in [6.07, 6.45) is 3.94. The number of nitrogens with one attached hydrogen (secondary N) is 1. The van der Waals surface area contributed by atoms with Gasteiger partial charge in [-0.25, -0.2) is 0 Å². The molecule has 2 unspecified atom stereocenters. The van der Waals surface area contributed by atoms with Crippen LogP contribution in [0.15, 0.2) is 59.1 Å². The fraction of sp³-hybridized carbons (Fsp3) is 0.423. The molecule has 2 atom stereocenters. The van der Waals surface area contributed by atoms with Crippen molar-refractivity contribution in [3.63, 3.8) is 0 Å². The molecular formula is C26H30F3N3. The fourth-order valence-electron chi connectivity index (χ4n) is 4.80. The van der Waals surface area contributed by atoms with Crippen LogP contribution in [0.2, 0.25) is 0 Å². The van der Waals surface area contributed by atoms with Gasteiger partial charge in [-0.15, -0.1) is 0 Å². The minimum Gasteiger partial charge on any atom is -0.356 e. The van der Waals surface area contributed by atoms with Crippen LogP contribution in [0.1, 0.15) is 49.6 Å². The normalized spacial score (nSPS) is 21.6. The van der Waals surface area contributed by atoms with Gasteiger partial charge in [-0.3, -0.25) is 4.99 Å². The average Bonchev–Trinajstić information content (AvgIpc) is 3.10. The van der Waals surface area contributed by atoms with Crippen LogP contribution in [0.5, 0.6) is 0 Å². The molecule has 1 aliphatic carbocycles. The van der Waals surface area contributed by atoms with Crippen LogP contribution >= 0.6 is 0 Å². The number of amidine groups is 1. The first-order chi connectivity index (χ1) is 15.1. The predicted octanol–water partition coefficient (Wildman–Crippen LogP) is 6.82. The van der Waals surface area contributed by atoms with E-state index in [1.165, 1.54) is 27.8 Å². The van der Waals surface area contributed by atoms with Gasteiger partial charge in [0.2, 0.25) is 0 Å². The number of H-pyrrole nitrogens is 1. The highest BCUT2D eigenvalue weighted by atomic mass is 19.4. The number of nitrogens with zero attached hydrogens (tertiary/aromatic N) is 2. The molecular weight excluding hydrogens is 411 g/mol. The van der Waals surface area contributed by atoms with E-state index in [2.05, 4.69) is 71.7 Å². The maximum absolute atomic E-state index is 12.8. The minimum atomic E-state index is -4.36. The second kappa shape index (κ2) is 8.64. The summed E-state index contributed by atoms with van der Waals surface area (Å²) in [5.74, 6) is 1.05. The number of hydrogen-bond acceptors (Lipinski definition) is 1. The van der Waals surface area contributed by atoms with E-state index in [1.54, 1.807) is 0 Å². The van der Waals surface area contributed by atoms with E-state index >= 15 is 0 Å². The van der Waals surface area contributed by atoms with Crippen molar-refractivity contribution in [3.8, 4) is 0 Å². The summed E-state index contributed by atoms with van der Waals surface area (Å²) in [6, 6.07) is 6.56. The maximum Gasteiger partial charge on any atom is 0.412 e. The van der Waals surface area contributed by atoms with Gasteiger partial charge < -0.3 is 9.88 Å². The van der Waals surface area contributed by atoms with E-state index in [-0.39, 0.29) is 24.9 Å². The van der Waals surface area contributed by atoms with Crippen LogP contribution in [0.4, 0.5) is 13.2 Å². The van der Waals surface area contributed by atoms with Crippen molar-refractivity contribution in [2.24, 2.45) is 10.9 Å². The van der Waals surface area contributed by atoms with Crippen molar-refractivity contribution in [2.75, 3.05) is 13.1 Å². The number of rotatable bonds is 4. The Morgan fingerprint density at radius 1 is 1.28 bits per heavy atom. The molecule has 0 fully saturated rings. The molecule has 32 heavy (non-hydrogen) atoms. The Kier molecular flexibility index (Phi) is 6.06. The summed E-state index contributed by atoms with van der Waals surface area (Å²) in [6.45, 7) is 10.2. The molecule has 0 radical (unpaired) electrons. The molecule has 2 heterocycles. The number of hydrogen-bond donors (Lipinski definition) is 1.